The van der Waals surface area contributed by atoms with E-state index in [0.29, 0.717) is 12.4 Å². The van der Waals surface area contributed by atoms with Crippen molar-refractivity contribution in [1.29, 1.82) is 0 Å². The maximum absolute atomic E-state index is 11.5. The summed E-state index contributed by atoms with van der Waals surface area (Å²) in [6.07, 6.45) is 5.82. The minimum absolute atomic E-state index is 0.166. The fourth-order valence-corrected chi connectivity index (χ4v) is 1.63. The predicted octanol–water partition coefficient (Wildman–Crippen LogP) is 0.107. The van der Waals surface area contributed by atoms with Crippen LogP contribution in [0.2, 0.25) is 0 Å². The van der Waals surface area contributed by atoms with E-state index in [1.807, 2.05) is 0 Å². The average Bonchev–Trinajstić information content (AvgIpc) is 2.17. The zero-order valence-corrected chi connectivity index (χ0v) is 8.73. The highest BCUT2D eigenvalue weighted by molar-refractivity contribution is 5.31. The van der Waals surface area contributed by atoms with Crippen molar-refractivity contribution in [2.24, 2.45) is 7.05 Å². The molecule has 1 aliphatic carbocycles. The van der Waals surface area contributed by atoms with Gasteiger partial charge in [0.05, 0.1) is 5.60 Å². The number of hydrogen-bond acceptors (Lipinski definition) is 4. The SMILES string of the molecule is Cn1ccnc(NCC2(O)CCC2)c1=O. The number of aromatic nitrogens is 2. The Balaban J connectivity index is 2.05. The van der Waals surface area contributed by atoms with Crippen LogP contribution in [0.15, 0.2) is 17.2 Å². The van der Waals surface area contributed by atoms with Crippen molar-refractivity contribution >= 4 is 5.82 Å². The first-order valence-corrected chi connectivity index (χ1v) is 5.09. The molecular formula is C10H15N3O2. The highest BCUT2D eigenvalue weighted by Gasteiger charge is 2.34. The Labute approximate surface area is 87.8 Å². The van der Waals surface area contributed by atoms with Crippen LogP contribution in [0.25, 0.3) is 0 Å². The van der Waals surface area contributed by atoms with Crippen LogP contribution in [-0.4, -0.2) is 26.8 Å². The molecule has 1 aliphatic rings. The first-order valence-electron chi connectivity index (χ1n) is 5.09. The molecule has 15 heavy (non-hydrogen) atoms. The largest absolute Gasteiger partial charge is 0.388 e. The van der Waals surface area contributed by atoms with Crippen LogP contribution in [0.1, 0.15) is 19.3 Å². The summed E-state index contributed by atoms with van der Waals surface area (Å²) in [4.78, 5) is 15.5. The molecule has 1 fully saturated rings. The molecule has 0 atom stereocenters. The fraction of sp³-hybridized carbons (Fsp3) is 0.600. The van der Waals surface area contributed by atoms with Gasteiger partial charge in [-0.3, -0.25) is 4.79 Å². The molecule has 0 aromatic carbocycles. The maximum atomic E-state index is 11.5. The number of aryl methyl sites for hydroxylation is 1. The fourth-order valence-electron chi connectivity index (χ4n) is 1.63. The molecule has 0 bridgehead atoms. The van der Waals surface area contributed by atoms with Crippen LogP contribution < -0.4 is 10.9 Å². The standard InChI is InChI=1S/C10H15N3O2/c1-13-6-5-11-8(9(13)14)12-7-10(15)3-2-4-10/h5-6,15H,2-4,7H2,1H3,(H,11,12). The van der Waals surface area contributed by atoms with Crippen LogP contribution in [0.4, 0.5) is 5.82 Å². The van der Waals surface area contributed by atoms with Crippen molar-refractivity contribution < 1.29 is 5.11 Å². The summed E-state index contributed by atoms with van der Waals surface area (Å²) in [6.45, 7) is 0.402. The molecule has 1 aromatic heterocycles. The molecule has 1 saturated carbocycles. The van der Waals surface area contributed by atoms with Crippen LogP contribution in [-0.2, 0) is 7.05 Å². The molecule has 2 rings (SSSR count). The summed E-state index contributed by atoms with van der Waals surface area (Å²) in [7, 11) is 1.67. The Morgan fingerprint density at radius 2 is 2.40 bits per heavy atom. The zero-order valence-electron chi connectivity index (χ0n) is 8.73. The lowest BCUT2D eigenvalue weighted by Crippen LogP contribution is -2.44. The second kappa shape index (κ2) is 3.66. The van der Waals surface area contributed by atoms with Gasteiger partial charge in [0.25, 0.3) is 5.56 Å². The van der Waals surface area contributed by atoms with Crippen molar-refractivity contribution in [2.75, 3.05) is 11.9 Å². The first-order chi connectivity index (χ1) is 7.11. The summed E-state index contributed by atoms with van der Waals surface area (Å²) < 4.78 is 1.46. The molecule has 82 valence electrons. The lowest BCUT2D eigenvalue weighted by molar-refractivity contribution is -0.0202. The molecule has 5 heteroatoms. The van der Waals surface area contributed by atoms with Crippen LogP contribution in [0, 0.1) is 0 Å². The Bertz CT molecular complexity index is 409. The molecule has 1 heterocycles. The van der Waals surface area contributed by atoms with Gasteiger partial charge in [-0.15, -0.1) is 0 Å². The highest BCUT2D eigenvalue weighted by Crippen LogP contribution is 2.31. The number of aliphatic hydroxyl groups is 1. The predicted molar refractivity (Wildman–Crippen MR) is 56.8 cm³/mol. The lowest BCUT2D eigenvalue weighted by atomic mass is 9.80. The molecule has 0 saturated heterocycles. The van der Waals surface area contributed by atoms with E-state index in [-0.39, 0.29) is 5.56 Å². The first kappa shape index (κ1) is 10.2. The number of nitrogens with one attached hydrogen (secondary N) is 1. The maximum Gasteiger partial charge on any atom is 0.293 e. The second-order valence-electron chi connectivity index (χ2n) is 4.12. The zero-order chi connectivity index (χ0) is 10.9. The Morgan fingerprint density at radius 1 is 1.67 bits per heavy atom. The summed E-state index contributed by atoms with van der Waals surface area (Å²) in [5, 5.41) is 12.7. The van der Waals surface area contributed by atoms with Gasteiger partial charge in [0, 0.05) is 26.0 Å². The quantitative estimate of drug-likeness (QED) is 0.741. The monoisotopic (exact) mass is 209 g/mol. The number of nitrogens with zero attached hydrogens (tertiary/aromatic N) is 2. The van der Waals surface area contributed by atoms with Gasteiger partial charge in [0.1, 0.15) is 0 Å². The van der Waals surface area contributed by atoms with Gasteiger partial charge in [0.15, 0.2) is 5.82 Å². The molecule has 0 aliphatic heterocycles. The summed E-state index contributed by atoms with van der Waals surface area (Å²) in [5.41, 5.74) is -0.803. The van der Waals surface area contributed by atoms with Gasteiger partial charge in [-0.1, -0.05) is 0 Å². The summed E-state index contributed by atoms with van der Waals surface area (Å²) in [5.74, 6) is 0.306. The van der Waals surface area contributed by atoms with Gasteiger partial charge in [0.2, 0.25) is 0 Å². The summed E-state index contributed by atoms with van der Waals surface area (Å²) >= 11 is 0. The van der Waals surface area contributed by atoms with E-state index < -0.39 is 5.60 Å². The normalized spacial score (nSPS) is 18.3. The molecule has 0 radical (unpaired) electrons. The van der Waals surface area contributed by atoms with E-state index in [9.17, 15) is 9.90 Å². The number of hydrogen-bond donors (Lipinski definition) is 2. The van der Waals surface area contributed by atoms with Crippen molar-refractivity contribution in [1.82, 2.24) is 9.55 Å². The molecular weight excluding hydrogens is 194 g/mol. The van der Waals surface area contributed by atoms with Crippen LogP contribution in [0.3, 0.4) is 0 Å². The van der Waals surface area contributed by atoms with Crippen LogP contribution >= 0.6 is 0 Å². The van der Waals surface area contributed by atoms with Gasteiger partial charge in [-0.2, -0.15) is 0 Å². The third-order valence-corrected chi connectivity index (χ3v) is 2.89. The average molecular weight is 209 g/mol. The van der Waals surface area contributed by atoms with Crippen molar-refractivity contribution in [3.63, 3.8) is 0 Å². The van der Waals surface area contributed by atoms with Crippen molar-refractivity contribution in [3.8, 4) is 0 Å². The lowest BCUT2D eigenvalue weighted by Gasteiger charge is -2.36. The van der Waals surface area contributed by atoms with E-state index in [1.165, 1.54) is 4.57 Å². The van der Waals surface area contributed by atoms with Gasteiger partial charge < -0.3 is 15.0 Å². The van der Waals surface area contributed by atoms with Gasteiger partial charge >= 0.3 is 0 Å². The smallest absolute Gasteiger partial charge is 0.293 e. The third kappa shape index (κ3) is 2.02. The minimum Gasteiger partial charge on any atom is -0.388 e. The molecule has 0 amide bonds. The topological polar surface area (TPSA) is 67.2 Å². The van der Waals surface area contributed by atoms with Gasteiger partial charge in [-0.05, 0) is 19.3 Å². The van der Waals surface area contributed by atoms with Gasteiger partial charge in [-0.25, -0.2) is 4.98 Å². The van der Waals surface area contributed by atoms with E-state index in [1.54, 1.807) is 19.4 Å². The second-order valence-corrected chi connectivity index (χ2v) is 4.12. The highest BCUT2D eigenvalue weighted by atomic mass is 16.3. The van der Waals surface area contributed by atoms with E-state index in [2.05, 4.69) is 10.3 Å². The molecule has 2 N–H and O–H groups in total. The molecule has 1 aromatic rings. The van der Waals surface area contributed by atoms with Crippen molar-refractivity contribution in [3.05, 3.63) is 22.7 Å². The Kier molecular flexibility index (Phi) is 2.48. The Hall–Kier alpha value is -1.36. The minimum atomic E-state index is -0.636. The molecule has 0 unspecified atom stereocenters. The molecule has 5 nitrogen and oxygen atoms in total. The number of rotatable bonds is 3. The van der Waals surface area contributed by atoms with E-state index in [4.69, 9.17) is 0 Å². The van der Waals surface area contributed by atoms with E-state index in [0.717, 1.165) is 19.3 Å². The molecule has 0 spiro atoms. The number of anilines is 1. The van der Waals surface area contributed by atoms with Crippen molar-refractivity contribution in [2.45, 2.75) is 24.9 Å². The van der Waals surface area contributed by atoms with Crippen LogP contribution in [0.5, 0.6) is 0 Å². The van der Waals surface area contributed by atoms with E-state index >= 15 is 0 Å². The Morgan fingerprint density at radius 3 is 3.00 bits per heavy atom. The third-order valence-electron chi connectivity index (χ3n) is 2.89. The summed E-state index contributed by atoms with van der Waals surface area (Å²) in [6, 6.07) is 0.